The zero-order chi connectivity index (χ0) is 47.1. The fourth-order valence-electron chi connectivity index (χ4n) is 5.28. The Morgan fingerprint density at radius 3 is 1.25 bits per heavy atom. The van der Waals surface area contributed by atoms with Gasteiger partial charge in [-0.05, 0) is 103 Å². The van der Waals surface area contributed by atoms with E-state index in [2.05, 4.69) is 148 Å². The number of carbonyl (C=O) groups is 2. The lowest BCUT2D eigenvalue weighted by Gasteiger charge is -2.24. The van der Waals surface area contributed by atoms with E-state index in [0.29, 0.717) is 23.9 Å². The van der Waals surface area contributed by atoms with Crippen LogP contribution in [0, 0.1) is 0 Å². The van der Waals surface area contributed by atoms with Crippen molar-refractivity contribution in [2.24, 2.45) is 0 Å². The number of ether oxygens (including phenoxy) is 2. The Labute approximate surface area is 389 Å². The van der Waals surface area contributed by atoms with E-state index in [1.54, 1.807) is 0 Å². The van der Waals surface area contributed by atoms with Crippen LogP contribution in [0.5, 0.6) is 0 Å². The summed E-state index contributed by atoms with van der Waals surface area (Å²) in [5.41, 5.74) is 0. The van der Waals surface area contributed by atoms with Crippen molar-refractivity contribution < 1.29 is 42.1 Å². The highest BCUT2D eigenvalue weighted by molar-refractivity contribution is 7.47. The van der Waals surface area contributed by atoms with Gasteiger partial charge in [-0.1, -0.05) is 160 Å². The molecule has 0 heterocycles. The van der Waals surface area contributed by atoms with E-state index in [0.717, 1.165) is 89.9 Å². The number of allylic oxidation sites excluding steroid dienone is 24. The van der Waals surface area contributed by atoms with Crippen molar-refractivity contribution in [1.82, 2.24) is 0 Å². The highest BCUT2D eigenvalue weighted by Gasteiger charge is 2.27. The van der Waals surface area contributed by atoms with Crippen LogP contribution in [0.3, 0.4) is 0 Å². The first-order valence-electron chi connectivity index (χ1n) is 23.6. The first-order chi connectivity index (χ1) is 31.0. The van der Waals surface area contributed by atoms with Gasteiger partial charge in [-0.2, -0.15) is 0 Å². The van der Waals surface area contributed by atoms with E-state index in [1.165, 1.54) is 0 Å². The summed E-state index contributed by atoms with van der Waals surface area (Å²) < 4.78 is 34.2. The lowest BCUT2D eigenvalue weighted by atomic mass is 10.2. The Kier molecular flexibility index (Phi) is 41.3. The molecule has 0 fully saturated rings. The molecule has 2 unspecified atom stereocenters. The SMILES string of the molecule is CC/C=C\C/C=C\C/C=C\C/C=C\C/C=C\C/C=C\C/C=C\C/C=C\CCCCC(=O)OC(COC(=O)CC/C=C\C/C=C\C/C=C\C/C=C\CC)COP(=O)(O)OCC[N+](C)(C)C. The van der Waals surface area contributed by atoms with Gasteiger partial charge in [0, 0.05) is 12.8 Å². The summed E-state index contributed by atoms with van der Waals surface area (Å²) in [5, 5.41) is 0. The molecule has 2 atom stereocenters. The summed E-state index contributed by atoms with van der Waals surface area (Å²) >= 11 is 0. The van der Waals surface area contributed by atoms with Gasteiger partial charge in [0.05, 0.1) is 27.7 Å². The second kappa shape index (κ2) is 44.1. The maximum absolute atomic E-state index is 12.7. The number of unbranched alkanes of at least 4 members (excludes halogenated alkanes) is 2. The number of phosphoric ester groups is 1. The number of carbonyl (C=O) groups excluding carboxylic acids is 2. The Bertz CT molecular complexity index is 1590. The fourth-order valence-corrected chi connectivity index (χ4v) is 6.02. The quantitative estimate of drug-likeness (QED) is 0.0213. The number of hydrogen-bond donors (Lipinski definition) is 1. The zero-order valence-electron chi connectivity index (χ0n) is 40.2. The second-order valence-corrected chi connectivity index (χ2v) is 17.5. The average Bonchev–Trinajstić information content (AvgIpc) is 3.25. The van der Waals surface area contributed by atoms with E-state index >= 15 is 0 Å². The minimum atomic E-state index is -4.42. The van der Waals surface area contributed by atoms with Crippen molar-refractivity contribution in [1.29, 1.82) is 0 Å². The van der Waals surface area contributed by atoms with E-state index in [4.69, 9.17) is 18.5 Å². The first kappa shape index (κ1) is 59.9. The summed E-state index contributed by atoms with van der Waals surface area (Å²) in [6, 6.07) is 0. The van der Waals surface area contributed by atoms with Crippen LogP contribution in [0.4, 0.5) is 0 Å². The Balaban J connectivity index is 4.47. The molecule has 0 rings (SSSR count). The zero-order valence-corrected chi connectivity index (χ0v) is 41.1. The van der Waals surface area contributed by atoms with Gasteiger partial charge in [0.1, 0.15) is 19.8 Å². The van der Waals surface area contributed by atoms with Crippen LogP contribution in [0.25, 0.3) is 0 Å². The summed E-state index contributed by atoms with van der Waals surface area (Å²) in [4.78, 5) is 35.4. The van der Waals surface area contributed by atoms with Crippen molar-refractivity contribution in [3.8, 4) is 0 Å². The number of nitrogens with zero attached hydrogens (tertiary/aromatic N) is 1. The Hall–Kier alpha value is -4.11. The normalized spacial score (nSPS) is 14.8. The summed E-state index contributed by atoms with van der Waals surface area (Å²) in [7, 11) is 1.38. The molecule has 0 saturated carbocycles. The van der Waals surface area contributed by atoms with Gasteiger partial charge in [-0.15, -0.1) is 0 Å². The van der Waals surface area contributed by atoms with Gasteiger partial charge >= 0.3 is 19.8 Å². The number of quaternary nitrogens is 1. The monoisotopic (exact) mass is 907 g/mol. The molecule has 358 valence electrons. The lowest BCUT2D eigenvalue weighted by molar-refractivity contribution is -0.870. The predicted molar refractivity (Wildman–Crippen MR) is 270 cm³/mol. The maximum Gasteiger partial charge on any atom is 0.472 e. The van der Waals surface area contributed by atoms with Gasteiger partial charge in [-0.25, -0.2) is 4.57 Å². The predicted octanol–water partition coefficient (Wildman–Crippen LogP) is 14.0. The highest BCUT2D eigenvalue weighted by atomic mass is 31.2. The molecule has 0 aromatic rings. The Morgan fingerprint density at radius 2 is 0.859 bits per heavy atom. The van der Waals surface area contributed by atoms with Crippen molar-refractivity contribution >= 4 is 19.8 Å². The molecule has 0 radical (unpaired) electrons. The third-order valence-corrected chi connectivity index (χ3v) is 9.86. The number of hydrogen-bond acceptors (Lipinski definition) is 7. The number of phosphoric acid groups is 1. The largest absolute Gasteiger partial charge is 0.472 e. The van der Waals surface area contributed by atoms with Gasteiger partial charge in [0.2, 0.25) is 0 Å². The topological polar surface area (TPSA) is 108 Å². The molecule has 0 aromatic heterocycles. The van der Waals surface area contributed by atoms with Crippen LogP contribution in [-0.2, 0) is 32.7 Å². The van der Waals surface area contributed by atoms with Crippen molar-refractivity contribution in [3.05, 3.63) is 146 Å². The summed E-state index contributed by atoms with van der Waals surface area (Å²) in [6.45, 7) is 4.01. The number of rotatable bonds is 40. The van der Waals surface area contributed by atoms with Crippen LogP contribution in [-0.4, -0.2) is 74.9 Å². The summed E-state index contributed by atoms with van der Waals surface area (Å²) in [6.07, 6.45) is 65.0. The molecule has 0 aliphatic carbocycles. The molecule has 64 heavy (non-hydrogen) atoms. The molecule has 0 spiro atoms. The number of likely N-dealkylation sites (N-methyl/N-ethyl adjacent to an activating group) is 1. The molecular weight excluding hydrogens is 822 g/mol. The third-order valence-electron chi connectivity index (χ3n) is 8.88. The van der Waals surface area contributed by atoms with E-state index in [-0.39, 0.29) is 26.1 Å². The van der Waals surface area contributed by atoms with E-state index in [9.17, 15) is 19.0 Å². The second-order valence-electron chi connectivity index (χ2n) is 16.0. The minimum Gasteiger partial charge on any atom is -0.462 e. The molecule has 1 N–H and O–H groups in total. The standard InChI is InChI=1S/C54H84NO8P/c1-6-8-10-12-14-16-18-20-21-22-23-24-25-26-27-28-29-30-31-32-33-35-37-39-41-43-45-47-54(57)63-52(51-62-64(58,59)61-49-48-55(3,4)5)50-60-53(56)46-44-42-40-38-36-34-19-17-15-13-11-9-7-2/h8-11,14-17,20-21,23-24,26-27,29-30,32-34,36-37,39-40,42,52H,6-7,12-13,18-19,22,25,28,31,35,38,41,43-51H2,1-5H3/p+1/b10-8-,11-9-,16-14-,17-15-,21-20-,24-23-,27-26-,30-29-,33-32-,36-34-,39-37-,42-40-. The van der Waals surface area contributed by atoms with Gasteiger partial charge < -0.3 is 18.9 Å². The molecule has 0 amide bonds. The van der Waals surface area contributed by atoms with Gasteiger partial charge in [0.25, 0.3) is 0 Å². The molecule has 0 saturated heterocycles. The highest BCUT2D eigenvalue weighted by Crippen LogP contribution is 2.43. The Morgan fingerprint density at radius 1 is 0.484 bits per heavy atom. The maximum atomic E-state index is 12.7. The number of esters is 2. The molecule has 0 aliphatic rings. The van der Waals surface area contributed by atoms with E-state index in [1.807, 2.05) is 33.3 Å². The lowest BCUT2D eigenvalue weighted by Crippen LogP contribution is -2.37. The van der Waals surface area contributed by atoms with E-state index < -0.39 is 32.5 Å². The van der Waals surface area contributed by atoms with Crippen molar-refractivity contribution in [2.45, 2.75) is 136 Å². The summed E-state index contributed by atoms with van der Waals surface area (Å²) in [5.74, 6) is -0.963. The van der Waals surface area contributed by atoms with Crippen molar-refractivity contribution in [2.75, 3.05) is 47.5 Å². The van der Waals surface area contributed by atoms with Crippen LogP contribution in [0.1, 0.15) is 129 Å². The molecular formula is C54H85NO8P+. The average molecular weight is 907 g/mol. The minimum absolute atomic E-state index is 0.00305. The smallest absolute Gasteiger partial charge is 0.462 e. The van der Waals surface area contributed by atoms with Gasteiger partial charge in [0.15, 0.2) is 6.10 Å². The molecule has 9 nitrogen and oxygen atoms in total. The third kappa shape index (κ3) is 47.4. The van der Waals surface area contributed by atoms with Crippen LogP contribution < -0.4 is 0 Å². The van der Waals surface area contributed by atoms with Gasteiger partial charge in [-0.3, -0.25) is 18.6 Å². The van der Waals surface area contributed by atoms with Crippen LogP contribution in [0.15, 0.2) is 146 Å². The molecule has 10 heteroatoms. The van der Waals surface area contributed by atoms with Crippen LogP contribution >= 0.6 is 7.82 Å². The molecule has 0 bridgehead atoms. The molecule has 0 aliphatic heterocycles. The first-order valence-corrected chi connectivity index (χ1v) is 25.1. The van der Waals surface area contributed by atoms with Crippen molar-refractivity contribution in [3.63, 3.8) is 0 Å². The fraction of sp³-hybridized carbons (Fsp3) is 0.519. The molecule has 0 aromatic carbocycles. The van der Waals surface area contributed by atoms with Crippen LogP contribution in [0.2, 0.25) is 0 Å².